The van der Waals surface area contributed by atoms with E-state index in [-0.39, 0.29) is 0 Å². The second-order valence-electron chi connectivity index (χ2n) is 4.53. The Morgan fingerprint density at radius 3 is 2.50 bits per heavy atom. The maximum atomic E-state index is 11.2. The summed E-state index contributed by atoms with van der Waals surface area (Å²) in [6.07, 6.45) is 5.90. The van der Waals surface area contributed by atoms with Crippen LogP contribution in [0.3, 0.4) is 0 Å². The Balaban J connectivity index is 1.78. The fraction of sp³-hybridized carbons (Fsp3) is 0.538. The van der Waals surface area contributed by atoms with Crippen molar-refractivity contribution in [2.24, 2.45) is 5.92 Å². The topological polar surface area (TPSA) is 29.1 Å². The van der Waals surface area contributed by atoms with E-state index >= 15 is 0 Å². The number of nitrogens with one attached hydrogen (secondary N) is 1. The molecule has 1 aliphatic rings. The molecule has 88 valence electrons. The molecular weight excluding hydrogens is 218 g/mol. The van der Waals surface area contributed by atoms with E-state index < -0.39 is 10.8 Å². The van der Waals surface area contributed by atoms with Gasteiger partial charge in [-0.3, -0.25) is 4.21 Å². The maximum Gasteiger partial charge on any atom is 0.0498 e. The summed E-state index contributed by atoms with van der Waals surface area (Å²) in [7, 11) is -0.863. The molecule has 0 bridgehead atoms. The molecular formula is C13H19NOS. The Morgan fingerprint density at radius 1 is 1.31 bits per heavy atom. The van der Waals surface area contributed by atoms with E-state index in [1.54, 1.807) is 6.26 Å². The molecule has 0 spiro atoms. The predicted molar refractivity (Wildman–Crippen MR) is 67.8 cm³/mol. The minimum atomic E-state index is -0.863. The van der Waals surface area contributed by atoms with Crippen LogP contribution in [0.2, 0.25) is 0 Å². The molecule has 2 nitrogen and oxygen atoms in total. The Bertz CT molecular complexity index is 357. The Labute approximate surface area is 99.9 Å². The van der Waals surface area contributed by atoms with Crippen LogP contribution >= 0.6 is 0 Å². The summed E-state index contributed by atoms with van der Waals surface area (Å²) in [5, 5.41) is 3.48. The van der Waals surface area contributed by atoms with Gasteiger partial charge in [0, 0.05) is 28.5 Å². The molecule has 16 heavy (non-hydrogen) atoms. The zero-order chi connectivity index (χ0) is 11.4. The lowest BCUT2D eigenvalue weighted by molar-refractivity contribution is 0.301. The van der Waals surface area contributed by atoms with Gasteiger partial charge in [0.2, 0.25) is 0 Å². The van der Waals surface area contributed by atoms with Crippen LogP contribution in [0, 0.1) is 5.92 Å². The molecule has 0 aromatic heterocycles. The summed E-state index contributed by atoms with van der Waals surface area (Å²) < 4.78 is 11.2. The van der Waals surface area contributed by atoms with Crippen LogP contribution in [0.15, 0.2) is 29.2 Å². The molecule has 1 fully saturated rings. The summed E-state index contributed by atoms with van der Waals surface area (Å²) in [6, 6.07) is 8.03. The average molecular weight is 237 g/mol. The van der Waals surface area contributed by atoms with Gasteiger partial charge in [0.1, 0.15) is 0 Å². The van der Waals surface area contributed by atoms with Gasteiger partial charge in [-0.1, -0.05) is 18.6 Å². The molecule has 1 aromatic carbocycles. The van der Waals surface area contributed by atoms with Crippen LogP contribution < -0.4 is 5.32 Å². The largest absolute Gasteiger partial charge is 0.312 e. The summed E-state index contributed by atoms with van der Waals surface area (Å²) in [5.41, 5.74) is 1.27. The van der Waals surface area contributed by atoms with Crippen molar-refractivity contribution in [3.8, 4) is 0 Å². The Morgan fingerprint density at radius 2 is 2.00 bits per heavy atom. The van der Waals surface area contributed by atoms with E-state index in [9.17, 15) is 4.21 Å². The van der Waals surface area contributed by atoms with E-state index in [0.717, 1.165) is 23.9 Å². The third kappa shape index (κ3) is 3.16. The Kier molecular flexibility index (Phi) is 4.13. The molecule has 2 rings (SSSR count). The first-order valence-corrected chi connectivity index (χ1v) is 7.44. The van der Waals surface area contributed by atoms with Crippen LogP contribution in [-0.2, 0) is 17.3 Å². The van der Waals surface area contributed by atoms with Crippen molar-refractivity contribution in [2.45, 2.75) is 30.7 Å². The normalized spacial score (nSPS) is 18.1. The summed E-state index contributed by atoms with van der Waals surface area (Å²) >= 11 is 0. The first-order valence-electron chi connectivity index (χ1n) is 5.89. The third-order valence-electron chi connectivity index (χ3n) is 3.24. The molecule has 0 heterocycles. The van der Waals surface area contributed by atoms with Crippen molar-refractivity contribution in [1.29, 1.82) is 0 Å². The zero-order valence-electron chi connectivity index (χ0n) is 9.74. The number of benzene rings is 1. The van der Waals surface area contributed by atoms with Crippen molar-refractivity contribution in [1.82, 2.24) is 5.32 Å². The van der Waals surface area contributed by atoms with Crippen LogP contribution in [0.5, 0.6) is 0 Å². The lowest BCUT2D eigenvalue weighted by Crippen LogP contribution is -2.26. The van der Waals surface area contributed by atoms with Gasteiger partial charge in [-0.05, 0) is 43.0 Å². The van der Waals surface area contributed by atoms with Crippen LogP contribution in [0.1, 0.15) is 24.8 Å². The SMILES string of the molecule is CS(=O)c1ccc(CNCC2CCC2)cc1. The van der Waals surface area contributed by atoms with Crippen LogP contribution in [-0.4, -0.2) is 17.0 Å². The highest BCUT2D eigenvalue weighted by Crippen LogP contribution is 2.25. The van der Waals surface area contributed by atoms with Gasteiger partial charge in [0.15, 0.2) is 0 Å². The number of hydrogen-bond acceptors (Lipinski definition) is 2. The first-order chi connectivity index (χ1) is 7.75. The van der Waals surface area contributed by atoms with Gasteiger partial charge in [-0.25, -0.2) is 0 Å². The van der Waals surface area contributed by atoms with Crippen molar-refractivity contribution >= 4 is 10.8 Å². The fourth-order valence-corrected chi connectivity index (χ4v) is 2.44. The van der Waals surface area contributed by atoms with Crippen molar-refractivity contribution in [3.05, 3.63) is 29.8 Å². The molecule has 0 aliphatic heterocycles. The highest BCUT2D eigenvalue weighted by Gasteiger charge is 2.16. The summed E-state index contributed by atoms with van der Waals surface area (Å²) in [6.45, 7) is 2.06. The summed E-state index contributed by atoms with van der Waals surface area (Å²) in [4.78, 5) is 0.905. The highest BCUT2D eigenvalue weighted by atomic mass is 32.2. The lowest BCUT2D eigenvalue weighted by Gasteiger charge is -2.25. The molecule has 1 aliphatic carbocycles. The molecule has 1 saturated carbocycles. The lowest BCUT2D eigenvalue weighted by atomic mass is 9.85. The van der Waals surface area contributed by atoms with Gasteiger partial charge < -0.3 is 5.32 Å². The second-order valence-corrected chi connectivity index (χ2v) is 5.91. The van der Waals surface area contributed by atoms with E-state index in [1.165, 1.54) is 24.8 Å². The standard InChI is InChI=1S/C13H19NOS/c1-16(15)13-7-5-12(6-8-13)10-14-9-11-3-2-4-11/h5-8,11,14H,2-4,9-10H2,1H3. The minimum Gasteiger partial charge on any atom is -0.312 e. The molecule has 0 amide bonds. The van der Waals surface area contributed by atoms with Crippen LogP contribution in [0.25, 0.3) is 0 Å². The van der Waals surface area contributed by atoms with Crippen molar-refractivity contribution in [3.63, 3.8) is 0 Å². The molecule has 0 radical (unpaired) electrons. The quantitative estimate of drug-likeness (QED) is 0.851. The molecule has 3 heteroatoms. The monoisotopic (exact) mass is 237 g/mol. The van der Waals surface area contributed by atoms with E-state index in [4.69, 9.17) is 0 Å². The maximum absolute atomic E-state index is 11.2. The fourth-order valence-electron chi connectivity index (χ4n) is 1.92. The second kappa shape index (κ2) is 5.60. The molecule has 1 aromatic rings. The minimum absolute atomic E-state index is 0.863. The molecule has 1 atom stereocenters. The number of rotatable bonds is 5. The smallest absolute Gasteiger partial charge is 0.0498 e. The first kappa shape index (κ1) is 11.8. The van der Waals surface area contributed by atoms with Gasteiger partial charge in [-0.2, -0.15) is 0 Å². The van der Waals surface area contributed by atoms with E-state index in [1.807, 2.05) is 12.1 Å². The highest BCUT2D eigenvalue weighted by molar-refractivity contribution is 7.84. The van der Waals surface area contributed by atoms with Gasteiger partial charge in [-0.15, -0.1) is 0 Å². The van der Waals surface area contributed by atoms with E-state index in [2.05, 4.69) is 17.4 Å². The third-order valence-corrected chi connectivity index (χ3v) is 4.18. The van der Waals surface area contributed by atoms with Gasteiger partial charge in [0.25, 0.3) is 0 Å². The van der Waals surface area contributed by atoms with Gasteiger partial charge in [0.05, 0.1) is 0 Å². The average Bonchev–Trinajstić information content (AvgIpc) is 2.22. The predicted octanol–water partition coefficient (Wildman–Crippen LogP) is 2.31. The Hall–Kier alpha value is -0.670. The molecule has 0 saturated heterocycles. The van der Waals surface area contributed by atoms with Crippen molar-refractivity contribution in [2.75, 3.05) is 12.8 Å². The van der Waals surface area contributed by atoms with E-state index in [0.29, 0.717) is 0 Å². The molecule has 1 unspecified atom stereocenters. The van der Waals surface area contributed by atoms with Crippen LogP contribution in [0.4, 0.5) is 0 Å². The van der Waals surface area contributed by atoms with Gasteiger partial charge >= 0.3 is 0 Å². The number of hydrogen-bond donors (Lipinski definition) is 1. The van der Waals surface area contributed by atoms with Crippen molar-refractivity contribution < 1.29 is 4.21 Å². The zero-order valence-corrected chi connectivity index (χ0v) is 10.6. The summed E-state index contributed by atoms with van der Waals surface area (Å²) in [5.74, 6) is 0.905. The molecule has 1 N–H and O–H groups in total.